The molecule has 6 aromatic rings. The van der Waals surface area contributed by atoms with E-state index in [1.54, 1.807) is 0 Å². The first-order chi connectivity index (χ1) is 27.8. The van der Waals surface area contributed by atoms with E-state index in [-0.39, 0.29) is 24.4 Å². The lowest BCUT2D eigenvalue weighted by atomic mass is 9.89. The molecule has 4 aromatic carbocycles. The van der Waals surface area contributed by atoms with Gasteiger partial charge in [-0.3, -0.25) is 0 Å². The highest BCUT2D eigenvalue weighted by atomic mass is 16.5. The largest absolute Gasteiger partial charge is 0.490 e. The van der Waals surface area contributed by atoms with Gasteiger partial charge in [-0.25, -0.2) is 18.3 Å². The number of fused-ring (bicyclic) bond motifs is 8. The third kappa shape index (κ3) is 9.78. The van der Waals surface area contributed by atoms with Crippen molar-refractivity contribution in [1.29, 1.82) is 0 Å². The lowest BCUT2D eigenvalue weighted by molar-refractivity contribution is -0.671. The third-order valence-electron chi connectivity index (χ3n) is 10.3. The van der Waals surface area contributed by atoms with Crippen LogP contribution in [-0.2, 0) is 52.9 Å². The Balaban J connectivity index is 1.50. The number of imidazole rings is 2. The van der Waals surface area contributed by atoms with E-state index in [0.29, 0.717) is 25.7 Å². The second-order valence-corrected chi connectivity index (χ2v) is 17.2. The van der Waals surface area contributed by atoms with Crippen molar-refractivity contribution in [2.45, 2.75) is 119 Å². The molecule has 7 rings (SSSR count). The minimum Gasteiger partial charge on any atom is -0.490 e. The molecule has 0 saturated carbocycles. The van der Waals surface area contributed by atoms with Gasteiger partial charge >= 0.3 is 0 Å². The molecule has 0 amide bonds. The third-order valence-corrected chi connectivity index (χ3v) is 10.3. The zero-order valence-corrected chi connectivity index (χ0v) is 36.2. The lowest BCUT2D eigenvalue weighted by Gasteiger charge is -2.25. The molecule has 2 aromatic heterocycles. The van der Waals surface area contributed by atoms with E-state index in [1.165, 1.54) is 11.1 Å². The molecule has 1 aliphatic rings. The summed E-state index contributed by atoms with van der Waals surface area (Å²) < 4.78 is 36.0. The summed E-state index contributed by atoms with van der Waals surface area (Å²) >= 11 is 0. The number of para-hydroxylation sites is 2. The molecular weight excluding hydrogens is 721 g/mol. The Kier molecular flexibility index (Phi) is 12.3. The first-order valence-electron chi connectivity index (χ1n) is 21.0. The Morgan fingerprint density at radius 1 is 0.448 bits per heavy atom. The second kappa shape index (κ2) is 17.6. The summed E-state index contributed by atoms with van der Waals surface area (Å²) in [7, 11) is 4.12. The van der Waals surface area contributed by atoms with Crippen molar-refractivity contribution in [3.63, 3.8) is 0 Å². The molecule has 0 saturated heterocycles. The van der Waals surface area contributed by atoms with Crippen LogP contribution in [0.4, 0.5) is 0 Å². The predicted octanol–water partition coefficient (Wildman–Crippen LogP) is 8.86. The van der Waals surface area contributed by atoms with Crippen LogP contribution in [0, 0.1) is 0 Å². The second-order valence-electron chi connectivity index (χ2n) is 17.2. The van der Waals surface area contributed by atoms with E-state index in [4.69, 9.17) is 18.9 Å². The van der Waals surface area contributed by atoms with Gasteiger partial charge in [-0.2, -0.15) is 0 Å². The molecule has 8 heteroatoms. The standard InChI is InChI=1S/C50H62N4O4/c1-33(2)55-47-39-13-11-14-40(47)26-44-22-38(30-54-20-18-52(10)32-54)24-46(50(44)58-36(7)8)28-42-16-12-15-41(48(42)56-34(3)4)27-45-23-37(29-53-19-17-51(9)31-53)21-43(25-39)49(45)57-35(5)6/h11-24,31-36H,25-30H2,1-10H3/q+2. The Morgan fingerprint density at radius 3 is 0.966 bits per heavy atom. The van der Waals surface area contributed by atoms with Crippen LogP contribution in [0.15, 0.2) is 98.1 Å². The topological polar surface area (TPSA) is 54.5 Å². The number of aromatic nitrogens is 4. The van der Waals surface area contributed by atoms with Gasteiger partial charge in [0.05, 0.1) is 38.5 Å². The summed E-state index contributed by atoms with van der Waals surface area (Å²) in [4.78, 5) is 0. The fourth-order valence-corrected chi connectivity index (χ4v) is 8.17. The van der Waals surface area contributed by atoms with E-state index >= 15 is 0 Å². The SMILES string of the molecule is CC(C)Oc1c2cccc1Cc1cc(Cn3cc[n+](C)c3)cc(c1OC(C)C)Cc1cccc(c1OC(C)C)Cc1cc(Cn3cc[n+](C)c3)cc(c1OC(C)C)C2. The van der Waals surface area contributed by atoms with Gasteiger partial charge in [0, 0.05) is 25.7 Å². The maximum absolute atomic E-state index is 6.85. The van der Waals surface area contributed by atoms with Gasteiger partial charge in [-0.1, -0.05) is 36.4 Å². The molecule has 8 nitrogen and oxygen atoms in total. The first kappa shape index (κ1) is 40.7. The zero-order valence-electron chi connectivity index (χ0n) is 36.2. The van der Waals surface area contributed by atoms with Crippen molar-refractivity contribution in [2.75, 3.05) is 0 Å². The Labute approximate surface area is 345 Å². The molecule has 0 N–H and O–H groups in total. The summed E-state index contributed by atoms with van der Waals surface area (Å²) in [5.74, 6) is 3.74. The number of hydrogen-bond donors (Lipinski definition) is 0. The molecule has 0 radical (unpaired) electrons. The van der Waals surface area contributed by atoms with E-state index in [9.17, 15) is 0 Å². The zero-order chi connectivity index (χ0) is 41.1. The van der Waals surface area contributed by atoms with Gasteiger partial charge < -0.3 is 18.9 Å². The number of benzene rings is 4. The molecule has 0 spiro atoms. The Hall–Kier alpha value is -5.50. The van der Waals surface area contributed by atoms with Crippen LogP contribution < -0.4 is 28.1 Å². The highest BCUT2D eigenvalue weighted by Gasteiger charge is 2.25. The van der Waals surface area contributed by atoms with Crippen LogP contribution in [-0.4, -0.2) is 33.6 Å². The Bertz CT molecular complexity index is 2110. The molecule has 8 bridgehead atoms. The van der Waals surface area contributed by atoms with Crippen molar-refractivity contribution in [2.24, 2.45) is 14.1 Å². The van der Waals surface area contributed by atoms with Crippen molar-refractivity contribution >= 4 is 0 Å². The van der Waals surface area contributed by atoms with Gasteiger partial charge in [0.1, 0.15) is 60.9 Å². The number of rotatable bonds is 12. The summed E-state index contributed by atoms with van der Waals surface area (Å²) in [5, 5.41) is 0. The smallest absolute Gasteiger partial charge is 0.243 e. The first-order valence-corrected chi connectivity index (χ1v) is 21.0. The fraction of sp³-hybridized carbons (Fsp3) is 0.400. The summed E-state index contributed by atoms with van der Waals surface area (Å²) in [5.41, 5.74) is 11.6. The molecule has 0 fully saturated rings. The molecule has 0 atom stereocenters. The summed E-state index contributed by atoms with van der Waals surface area (Å²) in [6.07, 6.45) is 15.2. The fourth-order valence-electron chi connectivity index (χ4n) is 8.17. The Morgan fingerprint density at radius 2 is 0.724 bits per heavy atom. The van der Waals surface area contributed by atoms with Crippen molar-refractivity contribution in [3.05, 3.63) is 154 Å². The normalized spacial score (nSPS) is 12.8. The van der Waals surface area contributed by atoms with E-state index < -0.39 is 0 Å². The average Bonchev–Trinajstić information content (AvgIpc) is 3.75. The highest BCUT2D eigenvalue weighted by Crippen LogP contribution is 2.41. The van der Waals surface area contributed by atoms with Crippen LogP contribution in [0.25, 0.3) is 0 Å². The van der Waals surface area contributed by atoms with Crippen LogP contribution in [0.2, 0.25) is 0 Å². The minimum absolute atomic E-state index is 0.0134. The van der Waals surface area contributed by atoms with Crippen molar-refractivity contribution in [1.82, 2.24) is 9.13 Å². The van der Waals surface area contributed by atoms with Crippen LogP contribution >= 0.6 is 0 Å². The number of ether oxygens (including phenoxy) is 4. The molecule has 0 aliphatic heterocycles. The van der Waals surface area contributed by atoms with Crippen LogP contribution in [0.1, 0.15) is 111 Å². The number of aryl methyl sites for hydroxylation is 2. The molecule has 304 valence electrons. The quantitative estimate of drug-likeness (QED) is 0.116. The van der Waals surface area contributed by atoms with Gasteiger partial charge in [-0.05, 0) is 135 Å². The number of hydrogen-bond acceptors (Lipinski definition) is 4. The summed E-state index contributed by atoms with van der Waals surface area (Å²) in [6, 6.07) is 22.6. The monoisotopic (exact) mass is 782 g/mol. The van der Waals surface area contributed by atoms with Crippen LogP contribution in [0.5, 0.6) is 23.0 Å². The molecule has 2 heterocycles. The van der Waals surface area contributed by atoms with Gasteiger partial charge in [0.2, 0.25) is 12.7 Å². The van der Waals surface area contributed by atoms with Gasteiger partial charge in [0.25, 0.3) is 0 Å². The molecule has 58 heavy (non-hydrogen) atoms. The van der Waals surface area contributed by atoms with E-state index in [2.05, 4.69) is 186 Å². The predicted molar refractivity (Wildman–Crippen MR) is 229 cm³/mol. The molecular formula is C50H62N4O4+2. The molecule has 1 aliphatic carbocycles. The van der Waals surface area contributed by atoms with E-state index in [0.717, 1.165) is 80.6 Å². The summed E-state index contributed by atoms with van der Waals surface area (Å²) in [6.45, 7) is 18.4. The maximum atomic E-state index is 6.85. The van der Waals surface area contributed by atoms with Gasteiger partial charge in [0.15, 0.2) is 0 Å². The van der Waals surface area contributed by atoms with Crippen molar-refractivity contribution < 1.29 is 28.1 Å². The average molecular weight is 783 g/mol. The maximum Gasteiger partial charge on any atom is 0.243 e. The minimum atomic E-state index is -0.0135. The van der Waals surface area contributed by atoms with E-state index in [1.807, 2.05) is 0 Å². The van der Waals surface area contributed by atoms with Crippen molar-refractivity contribution in [3.8, 4) is 23.0 Å². The lowest BCUT2D eigenvalue weighted by Crippen LogP contribution is -2.23. The number of nitrogens with zero attached hydrogens (tertiary/aromatic N) is 4. The molecule has 0 unspecified atom stereocenters. The highest BCUT2D eigenvalue weighted by molar-refractivity contribution is 5.57. The van der Waals surface area contributed by atoms with Gasteiger partial charge in [-0.15, -0.1) is 0 Å². The van der Waals surface area contributed by atoms with Crippen LogP contribution in [0.3, 0.4) is 0 Å².